The highest BCUT2D eigenvalue weighted by Gasteiger charge is 2.43. The van der Waals surface area contributed by atoms with Gasteiger partial charge in [-0.3, -0.25) is 9.59 Å². The van der Waals surface area contributed by atoms with E-state index in [1.54, 1.807) is 0 Å². The molecule has 2 atom stereocenters. The van der Waals surface area contributed by atoms with Gasteiger partial charge in [-0.25, -0.2) is 0 Å². The number of amides is 1. The molecule has 2 N–H and O–H groups in total. The molecule has 2 saturated carbocycles. The number of carbonyl (C=O) groups is 2. The van der Waals surface area contributed by atoms with Crippen LogP contribution in [0.1, 0.15) is 63.6 Å². The SMILES string of the molecule is CCc1nc(C2(NC(=O)[C@@H]3CC[C@H](C(=O)O)C3)CCCC2)no1. The van der Waals surface area contributed by atoms with Gasteiger partial charge >= 0.3 is 5.97 Å². The van der Waals surface area contributed by atoms with E-state index in [1.165, 1.54) is 0 Å². The Bertz CT molecular complexity index is 592. The van der Waals surface area contributed by atoms with E-state index in [-0.39, 0.29) is 11.8 Å². The maximum atomic E-state index is 12.6. The van der Waals surface area contributed by atoms with Gasteiger partial charge in [-0.2, -0.15) is 4.98 Å². The lowest BCUT2D eigenvalue weighted by atomic mass is 9.94. The van der Waals surface area contributed by atoms with Gasteiger partial charge in [0, 0.05) is 12.3 Å². The van der Waals surface area contributed by atoms with Gasteiger partial charge in [0.1, 0.15) is 5.54 Å². The summed E-state index contributed by atoms with van der Waals surface area (Å²) < 4.78 is 5.22. The Balaban J connectivity index is 1.72. The van der Waals surface area contributed by atoms with Crippen LogP contribution in [0.2, 0.25) is 0 Å². The van der Waals surface area contributed by atoms with Crippen molar-refractivity contribution in [2.75, 3.05) is 0 Å². The van der Waals surface area contributed by atoms with Gasteiger partial charge in [-0.1, -0.05) is 24.9 Å². The quantitative estimate of drug-likeness (QED) is 0.859. The second-order valence-corrected chi connectivity index (χ2v) is 6.69. The molecule has 2 aliphatic carbocycles. The average molecular weight is 321 g/mol. The smallest absolute Gasteiger partial charge is 0.306 e. The number of carboxylic acids is 1. The molecule has 2 fully saturated rings. The number of rotatable bonds is 5. The molecule has 1 aromatic rings. The number of nitrogens with zero attached hydrogens (tertiary/aromatic N) is 2. The monoisotopic (exact) mass is 321 g/mol. The Kier molecular flexibility index (Phi) is 4.37. The van der Waals surface area contributed by atoms with Crippen molar-refractivity contribution in [1.29, 1.82) is 0 Å². The molecule has 2 aliphatic rings. The molecule has 3 rings (SSSR count). The van der Waals surface area contributed by atoms with Crippen LogP contribution in [-0.4, -0.2) is 27.1 Å². The standard InChI is InChI=1S/C16H23N3O4/c1-2-12-17-15(19-23-12)16(7-3-4-8-16)18-13(20)10-5-6-11(9-10)14(21)22/h10-11H,2-9H2,1H3,(H,18,20)(H,21,22)/t10-,11+/m1/s1. The Hall–Kier alpha value is -1.92. The zero-order valence-electron chi connectivity index (χ0n) is 13.4. The van der Waals surface area contributed by atoms with Crippen molar-refractivity contribution in [3.8, 4) is 0 Å². The molecule has 0 unspecified atom stereocenters. The predicted molar refractivity (Wildman–Crippen MR) is 80.4 cm³/mol. The van der Waals surface area contributed by atoms with Crippen molar-refractivity contribution < 1.29 is 19.2 Å². The normalized spacial score (nSPS) is 26.3. The third-order valence-electron chi connectivity index (χ3n) is 5.17. The molecule has 0 aliphatic heterocycles. The van der Waals surface area contributed by atoms with E-state index in [1.807, 2.05) is 6.92 Å². The lowest BCUT2D eigenvalue weighted by Crippen LogP contribution is -2.46. The summed E-state index contributed by atoms with van der Waals surface area (Å²) in [6.07, 6.45) is 5.92. The molecular formula is C16H23N3O4. The van der Waals surface area contributed by atoms with Crippen LogP contribution in [0.25, 0.3) is 0 Å². The summed E-state index contributed by atoms with van der Waals surface area (Å²) in [6, 6.07) is 0. The minimum absolute atomic E-state index is 0.0708. The van der Waals surface area contributed by atoms with E-state index in [2.05, 4.69) is 15.5 Å². The van der Waals surface area contributed by atoms with E-state index in [4.69, 9.17) is 9.63 Å². The topological polar surface area (TPSA) is 105 Å². The molecule has 0 spiro atoms. The molecule has 126 valence electrons. The first kappa shape index (κ1) is 16.0. The number of carboxylic acid groups (broad SMARTS) is 1. The minimum atomic E-state index is -0.804. The summed E-state index contributed by atoms with van der Waals surface area (Å²) in [5.74, 6) is -0.367. The van der Waals surface area contributed by atoms with E-state index >= 15 is 0 Å². The van der Waals surface area contributed by atoms with E-state index < -0.39 is 17.4 Å². The Labute approximate surface area is 134 Å². The fraction of sp³-hybridized carbons (Fsp3) is 0.750. The van der Waals surface area contributed by atoms with Gasteiger partial charge in [0.15, 0.2) is 5.82 Å². The van der Waals surface area contributed by atoms with Gasteiger partial charge in [0.25, 0.3) is 0 Å². The van der Waals surface area contributed by atoms with Gasteiger partial charge in [0.05, 0.1) is 5.92 Å². The van der Waals surface area contributed by atoms with Crippen molar-refractivity contribution in [1.82, 2.24) is 15.5 Å². The summed E-state index contributed by atoms with van der Waals surface area (Å²) >= 11 is 0. The second kappa shape index (κ2) is 6.29. The highest BCUT2D eigenvalue weighted by molar-refractivity contribution is 5.81. The van der Waals surface area contributed by atoms with Crippen LogP contribution in [-0.2, 0) is 21.5 Å². The fourth-order valence-corrected chi connectivity index (χ4v) is 3.76. The largest absolute Gasteiger partial charge is 0.481 e. The number of carbonyl (C=O) groups excluding carboxylic acids is 1. The van der Waals surface area contributed by atoms with Crippen LogP contribution in [0.4, 0.5) is 0 Å². The minimum Gasteiger partial charge on any atom is -0.481 e. The van der Waals surface area contributed by atoms with Crippen molar-refractivity contribution in [2.45, 2.75) is 63.8 Å². The molecule has 23 heavy (non-hydrogen) atoms. The number of aliphatic carboxylic acids is 1. The molecule has 1 heterocycles. The highest BCUT2D eigenvalue weighted by atomic mass is 16.5. The molecule has 7 nitrogen and oxygen atoms in total. The summed E-state index contributed by atoms with van der Waals surface area (Å²) in [6.45, 7) is 1.95. The Morgan fingerprint density at radius 2 is 2.00 bits per heavy atom. The first-order valence-electron chi connectivity index (χ1n) is 8.42. The van der Waals surface area contributed by atoms with Crippen molar-refractivity contribution in [3.05, 3.63) is 11.7 Å². The third-order valence-corrected chi connectivity index (χ3v) is 5.17. The van der Waals surface area contributed by atoms with Gasteiger partial charge in [-0.15, -0.1) is 0 Å². The fourth-order valence-electron chi connectivity index (χ4n) is 3.76. The highest BCUT2D eigenvalue weighted by Crippen LogP contribution is 2.39. The number of hydrogen-bond acceptors (Lipinski definition) is 5. The zero-order chi connectivity index (χ0) is 16.4. The molecule has 1 aromatic heterocycles. The van der Waals surface area contributed by atoms with Crippen LogP contribution in [0.15, 0.2) is 4.52 Å². The average Bonchev–Trinajstić information content (AvgIpc) is 3.27. The number of aryl methyl sites for hydroxylation is 1. The summed E-state index contributed by atoms with van der Waals surface area (Å²) in [7, 11) is 0. The van der Waals surface area contributed by atoms with Crippen LogP contribution < -0.4 is 5.32 Å². The van der Waals surface area contributed by atoms with E-state index in [9.17, 15) is 9.59 Å². The maximum absolute atomic E-state index is 12.6. The molecule has 0 radical (unpaired) electrons. The maximum Gasteiger partial charge on any atom is 0.306 e. The van der Waals surface area contributed by atoms with Crippen LogP contribution in [0.3, 0.4) is 0 Å². The van der Waals surface area contributed by atoms with Gasteiger partial charge in [0.2, 0.25) is 11.8 Å². The lowest BCUT2D eigenvalue weighted by molar-refractivity contribution is -0.141. The van der Waals surface area contributed by atoms with Crippen LogP contribution in [0, 0.1) is 11.8 Å². The van der Waals surface area contributed by atoms with Crippen LogP contribution >= 0.6 is 0 Å². The molecule has 7 heteroatoms. The summed E-state index contributed by atoms with van der Waals surface area (Å²) in [5, 5.41) is 16.3. The predicted octanol–water partition coefficient (Wildman–Crippen LogP) is 2.02. The first-order chi connectivity index (χ1) is 11.0. The van der Waals surface area contributed by atoms with Crippen molar-refractivity contribution in [3.63, 3.8) is 0 Å². The molecule has 1 amide bonds. The van der Waals surface area contributed by atoms with E-state index in [0.29, 0.717) is 37.4 Å². The molecule has 0 aromatic carbocycles. The number of aromatic nitrogens is 2. The number of nitrogens with one attached hydrogen (secondary N) is 1. The Morgan fingerprint density at radius 3 is 2.57 bits per heavy atom. The number of hydrogen-bond donors (Lipinski definition) is 2. The van der Waals surface area contributed by atoms with Crippen molar-refractivity contribution >= 4 is 11.9 Å². The van der Waals surface area contributed by atoms with Gasteiger partial charge in [-0.05, 0) is 32.1 Å². The van der Waals surface area contributed by atoms with Crippen LogP contribution in [0.5, 0.6) is 0 Å². The molecular weight excluding hydrogens is 298 g/mol. The first-order valence-corrected chi connectivity index (χ1v) is 8.42. The van der Waals surface area contributed by atoms with Gasteiger partial charge < -0.3 is 14.9 Å². The zero-order valence-corrected chi connectivity index (χ0v) is 13.4. The van der Waals surface area contributed by atoms with E-state index in [0.717, 1.165) is 25.7 Å². The second-order valence-electron chi connectivity index (χ2n) is 6.69. The lowest BCUT2D eigenvalue weighted by Gasteiger charge is -2.28. The molecule has 0 saturated heterocycles. The summed E-state index contributed by atoms with van der Waals surface area (Å²) in [4.78, 5) is 28.1. The molecule has 0 bridgehead atoms. The van der Waals surface area contributed by atoms with Crippen molar-refractivity contribution in [2.24, 2.45) is 11.8 Å². The summed E-state index contributed by atoms with van der Waals surface area (Å²) in [5.41, 5.74) is -0.546. The Morgan fingerprint density at radius 1 is 1.30 bits per heavy atom. The third kappa shape index (κ3) is 3.09.